The number of hydrogen-bond donors (Lipinski definition) is 2. The molecule has 0 radical (unpaired) electrons. The molecule has 3 atom stereocenters. The van der Waals surface area contributed by atoms with Crippen LogP contribution >= 0.6 is 0 Å². The predicted octanol–water partition coefficient (Wildman–Crippen LogP) is 2.59. The zero-order valence-corrected chi connectivity index (χ0v) is 14.4. The van der Waals surface area contributed by atoms with E-state index >= 15 is 0 Å². The summed E-state index contributed by atoms with van der Waals surface area (Å²) in [5, 5.41) is 6.54. The molecule has 1 aliphatic carbocycles. The van der Waals surface area contributed by atoms with Crippen molar-refractivity contribution < 1.29 is 14.3 Å². The molecule has 3 unspecified atom stereocenters. The molecule has 2 aliphatic rings. The second-order valence-corrected chi connectivity index (χ2v) is 8.48. The van der Waals surface area contributed by atoms with Crippen molar-refractivity contribution in [2.75, 3.05) is 0 Å². The zero-order valence-electron chi connectivity index (χ0n) is 14.4. The van der Waals surface area contributed by atoms with Gasteiger partial charge in [-0.15, -0.1) is 0 Å². The summed E-state index contributed by atoms with van der Waals surface area (Å²) < 4.78 is 11.4. The average molecular weight is 298 g/mol. The summed E-state index contributed by atoms with van der Waals surface area (Å²) in [6.07, 6.45) is 1.60. The van der Waals surface area contributed by atoms with Crippen LogP contribution in [0.1, 0.15) is 61.3 Å². The molecule has 1 amide bonds. The molecule has 1 saturated carbocycles. The molecule has 5 heteroatoms. The first-order valence-electron chi connectivity index (χ1n) is 7.84. The first kappa shape index (κ1) is 16.6. The number of carbonyl (C=O) groups excluding carboxylic acids is 1. The van der Waals surface area contributed by atoms with E-state index in [1.54, 1.807) is 0 Å². The Balaban J connectivity index is 1.79. The van der Waals surface area contributed by atoms with Crippen LogP contribution in [-0.2, 0) is 9.47 Å². The topological polar surface area (TPSA) is 59.6 Å². The molecule has 0 aromatic rings. The largest absolute Gasteiger partial charge is 0.444 e. The van der Waals surface area contributed by atoms with E-state index in [-0.39, 0.29) is 23.3 Å². The van der Waals surface area contributed by atoms with Gasteiger partial charge in [-0.2, -0.15) is 0 Å². The van der Waals surface area contributed by atoms with Crippen molar-refractivity contribution in [3.05, 3.63) is 0 Å². The van der Waals surface area contributed by atoms with Crippen molar-refractivity contribution in [3.8, 4) is 0 Å². The van der Waals surface area contributed by atoms with Gasteiger partial charge < -0.3 is 20.1 Å². The summed E-state index contributed by atoms with van der Waals surface area (Å²) in [6.45, 7) is 14.1. The van der Waals surface area contributed by atoms with E-state index in [0.717, 1.165) is 12.8 Å². The number of nitrogens with one attached hydrogen (secondary N) is 2. The van der Waals surface area contributed by atoms with Gasteiger partial charge in [0.25, 0.3) is 0 Å². The number of rotatable bonds is 3. The van der Waals surface area contributed by atoms with Crippen LogP contribution in [0.15, 0.2) is 0 Å². The van der Waals surface area contributed by atoms with E-state index in [2.05, 4.69) is 38.3 Å². The number of hydrogen-bond acceptors (Lipinski definition) is 4. The van der Waals surface area contributed by atoms with Crippen LogP contribution in [0.2, 0.25) is 0 Å². The highest BCUT2D eigenvalue weighted by molar-refractivity contribution is 5.68. The van der Waals surface area contributed by atoms with Gasteiger partial charge in [0.05, 0.1) is 11.2 Å². The molecular weight excluding hydrogens is 268 g/mol. The first-order chi connectivity index (χ1) is 9.38. The maximum absolute atomic E-state index is 11.7. The van der Waals surface area contributed by atoms with E-state index in [4.69, 9.17) is 9.47 Å². The fraction of sp³-hybridized carbons (Fsp3) is 0.938. The van der Waals surface area contributed by atoms with Crippen molar-refractivity contribution in [1.29, 1.82) is 0 Å². The smallest absolute Gasteiger partial charge is 0.407 e. The minimum absolute atomic E-state index is 0.0931. The van der Waals surface area contributed by atoms with E-state index in [9.17, 15) is 4.79 Å². The maximum Gasteiger partial charge on any atom is 0.407 e. The maximum atomic E-state index is 11.7. The normalized spacial score (nSPS) is 33.6. The van der Waals surface area contributed by atoms with E-state index < -0.39 is 5.60 Å². The Kier molecular flexibility index (Phi) is 4.04. The number of amides is 1. The lowest BCUT2D eigenvalue weighted by atomic mass is 9.94. The minimum Gasteiger partial charge on any atom is -0.444 e. The standard InChI is InChI=1S/C16H30N2O3/c1-14(2,3)20-13(19)18-11-8-10(11)17-12-9-15(4,5)21-16(12,6)7/h10-12,17H,8-9H2,1-7H3,(H,18,19). The summed E-state index contributed by atoms with van der Waals surface area (Å²) in [5.41, 5.74) is -0.722. The van der Waals surface area contributed by atoms with Crippen molar-refractivity contribution in [2.45, 2.75) is 96.2 Å². The summed E-state index contributed by atoms with van der Waals surface area (Å²) in [5.74, 6) is 0. The zero-order chi connectivity index (χ0) is 16.1. The van der Waals surface area contributed by atoms with E-state index in [1.165, 1.54) is 0 Å². The summed E-state index contributed by atoms with van der Waals surface area (Å²) in [6, 6.07) is 0.793. The quantitative estimate of drug-likeness (QED) is 0.841. The van der Waals surface area contributed by atoms with Crippen LogP contribution in [0.25, 0.3) is 0 Å². The van der Waals surface area contributed by atoms with Gasteiger partial charge in [0.1, 0.15) is 5.60 Å². The van der Waals surface area contributed by atoms with Gasteiger partial charge >= 0.3 is 6.09 Å². The molecule has 2 rings (SSSR count). The molecule has 0 aromatic carbocycles. The monoisotopic (exact) mass is 298 g/mol. The Bertz CT molecular complexity index is 412. The minimum atomic E-state index is -0.451. The fourth-order valence-corrected chi connectivity index (χ4v) is 3.08. The van der Waals surface area contributed by atoms with Gasteiger partial charge in [0.2, 0.25) is 0 Å². The number of ether oxygens (including phenoxy) is 2. The average Bonchev–Trinajstić information content (AvgIpc) is 2.84. The first-order valence-corrected chi connectivity index (χ1v) is 7.84. The molecule has 2 N–H and O–H groups in total. The van der Waals surface area contributed by atoms with Crippen LogP contribution in [0.4, 0.5) is 4.79 Å². The second kappa shape index (κ2) is 5.13. The Morgan fingerprint density at radius 3 is 2.29 bits per heavy atom. The molecular formula is C16H30N2O3. The fourth-order valence-electron chi connectivity index (χ4n) is 3.08. The van der Waals surface area contributed by atoms with Gasteiger partial charge in [-0.25, -0.2) is 4.79 Å². The molecule has 0 bridgehead atoms. The van der Waals surface area contributed by atoms with E-state index in [0.29, 0.717) is 12.1 Å². The molecule has 1 heterocycles. The van der Waals surface area contributed by atoms with Crippen molar-refractivity contribution >= 4 is 6.09 Å². The van der Waals surface area contributed by atoms with Gasteiger partial charge in [-0.3, -0.25) is 0 Å². The molecule has 0 aromatic heterocycles. The Hall–Kier alpha value is -0.810. The van der Waals surface area contributed by atoms with Crippen LogP contribution in [0.3, 0.4) is 0 Å². The third kappa shape index (κ3) is 4.58. The Morgan fingerprint density at radius 1 is 1.19 bits per heavy atom. The molecule has 122 valence electrons. The second-order valence-electron chi connectivity index (χ2n) is 8.48. The number of carbonyl (C=O) groups is 1. The predicted molar refractivity (Wildman–Crippen MR) is 82.3 cm³/mol. The summed E-state index contributed by atoms with van der Waals surface area (Å²) >= 11 is 0. The molecule has 2 fully saturated rings. The summed E-state index contributed by atoms with van der Waals surface area (Å²) in [4.78, 5) is 11.7. The molecule has 1 aliphatic heterocycles. The molecule has 5 nitrogen and oxygen atoms in total. The molecule has 21 heavy (non-hydrogen) atoms. The lowest BCUT2D eigenvalue weighted by molar-refractivity contribution is -0.0699. The van der Waals surface area contributed by atoms with Gasteiger partial charge in [-0.05, 0) is 61.3 Å². The lowest BCUT2D eigenvalue weighted by Gasteiger charge is -2.28. The van der Waals surface area contributed by atoms with Crippen molar-refractivity contribution in [1.82, 2.24) is 10.6 Å². The van der Waals surface area contributed by atoms with E-state index in [1.807, 2.05) is 20.8 Å². The SMILES string of the molecule is CC(C)(C)OC(=O)NC1CC1NC1CC(C)(C)OC1(C)C. The molecule has 0 spiro atoms. The highest BCUT2D eigenvalue weighted by atomic mass is 16.6. The van der Waals surface area contributed by atoms with Gasteiger partial charge in [-0.1, -0.05) is 0 Å². The Labute approximate surface area is 128 Å². The van der Waals surface area contributed by atoms with Crippen LogP contribution in [-0.4, -0.2) is 41.0 Å². The van der Waals surface area contributed by atoms with Crippen LogP contribution in [0, 0.1) is 0 Å². The molecule has 1 saturated heterocycles. The third-order valence-electron chi connectivity index (χ3n) is 3.98. The number of alkyl carbamates (subject to hydrolysis) is 1. The lowest BCUT2D eigenvalue weighted by Crippen LogP contribution is -2.46. The van der Waals surface area contributed by atoms with Gasteiger partial charge in [0.15, 0.2) is 0 Å². The highest BCUT2D eigenvalue weighted by Crippen LogP contribution is 2.39. The van der Waals surface area contributed by atoms with Crippen LogP contribution in [0.5, 0.6) is 0 Å². The Morgan fingerprint density at radius 2 is 1.81 bits per heavy atom. The van der Waals surface area contributed by atoms with Gasteiger partial charge in [0, 0.05) is 18.1 Å². The third-order valence-corrected chi connectivity index (χ3v) is 3.98. The highest BCUT2D eigenvalue weighted by Gasteiger charge is 2.49. The van der Waals surface area contributed by atoms with Crippen LogP contribution < -0.4 is 10.6 Å². The van der Waals surface area contributed by atoms with Crippen molar-refractivity contribution in [2.24, 2.45) is 0 Å². The van der Waals surface area contributed by atoms with Crippen molar-refractivity contribution in [3.63, 3.8) is 0 Å². The summed E-state index contributed by atoms with van der Waals surface area (Å²) in [7, 11) is 0.